The molecule has 2 nitrogen and oxygen atoms in total. The second-order valence-corrected chi connectivity index (χ2v) is 10.7. The van der Waals surface area contributed by atoms with Crippen LogP contribution in [0.1, 0.15) is 13.7 Å². The summed E-state index contributed by atoms with van der Waals surface area (Å²) in [6.07, 6.45) is 0. The summed E-state index contributed by atoms with van der Waals surface area (Å²) in [7, 11) is 0. The summed E-state index contributed by atoms with van der Waals surface area (Å²) in [5, 5.41) is 1.34. The predicted octanol–water partition coefficient (Wildman–Crippen LogP) is 11.2. The van der Waals surface area contributed by atoms with Crippen molar-refractivity contribution in [2.24, 2.45) is 0 Å². The normalized spacial score (nSPS) is 14.8. The highest BCUT2D eigenvalue weighted by Gasteiger charge is 2.20. The maximum absolute atomic E-state index is 9.25. The van der Waals surface area contributed by atoms with E-state index in [0.29, 0.717) is 45.3 Å². The van der Waals surface area contributed by atoms with Gasteiger partial charge in [-0.3, -0.25) is 0 Å². The molecular formula is C42H28N2. The van der Waals surface area contributed by atoms with Gasteiger partial charge in [-0.15, -0.1) is 0 Å². The summed E-state index contributed by atoms with van der Waals surface area (Å²) in [4.78, 5) is 0. The number of hydrogen-bond donors (Lipinski definition) is 0. The molecule has 0 bridgehead atoms. The van der Waals surface area contributed by atoms with E-state index in [9.17, 15) is 5.48 Å². The fourth-order valence-electron chi connectivity index (χ4n) is 6.35. The summed E-state index contributed by atoms with van der Waals surface area (Å²) in [6.45, 7) is 0. The van der Waals surface area contributed by atoms with Crippen molar-refractivity contribution >= 4 is 43.6 Å². The molecule has 0 saturated carbocycles. The molecule has 9 rings (SSSR count). The summed E-state index contributed by atoms with van der Waals surface area (Å²) in [6, 6.07) is 31.2. The van der Waals surface area contributed by atoms with E-state index in [2.05, 4.69) is 0 Å². The van der Waals surface area contributed by atoms with Gasteiger partial charge in [0, 0.05) is 32.9 Å². The van der Waals surface area contributed by atoms with Crippen LogP contribution < -0.4 is 0 Å². The van der Waals surface area contributed by atoms with Gasteiger partial charge in [0.2, 0.25) is 0 Å². The molecule has 0 saturated heterocycles. The van der Waals surface area contributed by atoms with Crippen LogP contribution in [0.2, 0.25) is 0 Å². The lowest BCUT2D eigenvalue weighted by atomic mass is 10.0. The van der Waals surface area contributed by atoms with Crippen LogP contribution in [0.15, 0.2) is 170 Å². The van der Waals surface area contributed by atoms with Crippen LogP contribution in [0.5, 0.6) is 0 Å². The average molecular weight is 571 g/mol. The summed E-state index contributed by atoms with van der Waals surface area (Å²) in [5.74, 6) is 0. The first-order valence-corrected chi connectivity index (χ1v) is 14.3. The fraction of sp³-hybridized carbons (Fsp3) is 0. The zero-order valence-electron chi connectivity index (χ0n) is 33.3. The third kappa shape index (κ3) is 3.75. The Bertz CT molecular complexity index is 3050. The molecule has 0 N–H and O–H groups in total. The second-order valence-electron chi connectivity index (χ2n) is 10.7. The van der Waals surface area contributed by atoms with E-state index in [4.69, 9.17) is 8.22 Å². The maximum Gasteiger partial charge on any atom is 0.0645 e. The monoisotopic (exact) mass is 570 g/mol. The SMILES string of the molecule is [2H]c1ccc(-c2cccc(-n3c4ccc5c(c6c([2H])c([2H])c([2H])c([2H])c6n5-c5cccc(-c6cccc([2H])c6)c5)c4c4c([2H])c([2H])c([2H])c([2H])c43)c2)cc1. The van der Waals surface area contributed by atoms with Gasteiger partial charge in [0.1, 0.15) is 0 Å². The molecule has 2 heterocycles. The maximum atomic E-state index is 9.25. The van der Waals surface area contributed by atoms with Crippen molar-refractivity contribution in [2.75, 3.05) is 0 Å². The number of benzene rings is 7. The van der Waals surface area contributed by atoms with Crippen LogP contribution >= 0.6 is 0 Å². The molecule has 0 atom stereocenters. The van der Waals surface area contributed by atoms with E-state index >= 15 is 0 Å². The summed E-state index contributed by atoms with van der Waals surface area (Å²) in [5.41, 5.74) is 6.11. The third-order valence-electron chi connectivity index (χ3n) is 8.23. The number of para-hydroxylation sites is 2. The van der Waals surface area contributed by atoms with E-state index in [1.807, 2.05) is 78.9 Å². The Hall–Kier alpha value is -5.86. The van der Waals surface area contributed by atoms with Gasteiger partial charge in [0.15, 0.2) is 0 Å². The minimum atomic E-state index is -0.415. The first-order chi connectivity index (χ1) is 26.0. The van der Waals surface area contributed by atoms with Crippen LogP contribution in [0.4, 0.5) is 0 Å². The van der Waals surface area contributed by atoms with E-state index < -0.39 is 24.2 Å². The molecule has 0 amide bonds. The van der Waals surface area contributed by atoms with Crippen molar-refractivity contribution in [2.45, 2.75) is 0 Å². The Balaban J connectivity index is 1.47. The number of nitrogens with zero attached hydrogens (tertiary/aromatic N) is 2. The first kappa shape index (κ1) is 16.7. The standard InChI is InChI=1S/C42H28N2/c1-3-13-29(14-4-1)31-17-11-19-33(27-31)43-37-23-9-7-21-35(37)41-39(43)25-26-40-42(41)36-22-8-10-24-38(36)44(40)34-20-12-18-32(28-34)30-15-5-2-6-16-30/h1-28H/i1D,5D,7D,8D,9D,10D,21D,22D,23D,24D. The summed E-state index contributed by atoms with van der Waals surface area (Å²) < 4.78 is 91.4. The molecule has 206 valence electrons. The van der Waals surface area contributed by atoms with Crippen LogP contribution in [0.3, 0.4) is 0 Å². The summed E-state index contributed by atoms with van der Waals surface area (Å²) >= 11 is 0. The molecule has 7 aromatic carbocycles. The van der Waals surface area contributed by atoms with Gasteiger partial charge in [0.25, 0.3) is 0 Å². The van der Waals surface area contributed by atoms with Crippen molar-refractivity contribution in [3.63, 3.8) is 0 Å². The van der Waals surface area contributed by atoms with Gasteiger partial charge in [-0.1, -0.05) is 121 Å². The highest BCUT2D eigenvalue weighted by molar-refractivity contribution is 6.28. The average Bonchev–Trinajstić information content (AvgIpc) is 3.72. The van der Waals surface area contributed by atoms with E-state index in [-0.39, 0.29) is 46.0 Å². The zero-order chi connectivity index (χ0) is 37.7. The first-order valence-electron chi connectivity index (χ1n) is 19.3. The van der Waals surface area contributed by atoms with Crippen molar-refractivity contribution in [1.82, 2.24) is 9.13 Å². The Morgan fingerprint density at radius 3 is 1.43 bits per heavy atom. The molecule has 0 unspecified atom stereocenters. The topological polar surface area (TPSA) is 9.86 Å². The van der Waals surface area contributed by atoms with Crippen LogP contribution in [-0.4, -0.2) is 9.13 Å². The highest BCUT2D eigenvalue weighted by atomic mass is 15.0. The van der Waals surface area contributed by atoms with Crippen molar-refractivity contribution in [3.05, 3.63) is 170 Å². The molecule has 44 heavy (non-hydrogen) atoms. The lowest BCUT2D eigenvalue weighted by molar-refractivity contribution is 1.17. The molecular weight excluding hydrogens is 532 g/mol. The molecule has 0 aliphatic rings. The number of hydrogen-bond acceptors (Lipinski definition) is 0. The minimum absolute atomic E-state index is 0.232. The van der Waals surface area contributed by atoms with Crippen molar-refractivity contribution in [1.29, 1.82) is 0 Å². The van der Waals surface area contributed by atoms with Gasteiger partial charge in [0.05, 0.1) is 35.8 Å². The third-order valence-corrected chi connectivity index (χ3v) is 8.23. The van der Waals surface area contributed by atoms with E-state index in [0.717, 1.165) is 22.3 Å². The quantitative estimate of drug-likeness (QED) is 0.199. The van der Waals surface area contributed by atoms with Crippen LogP contribution in [-0.2, 0) is 0 Å². The molecule has 2 aromatic heterocycles. The highest BCUT2D eigenvalue weighted by Crippen LogP contribution is 2.42. The predicted molar refractivity (Wildman–Crippen MR) is 186 cm³/mol. The minimum Gasteiger partial charge on any atom is -0.309 e. The zero-order valence-corrected chi connectivity index (χ0v) is 23.3. The van der Waals surface area contributed by atoms with Gasteiger partial charge in [-0.05, 0) is 70.7 Å². The molecule has 0 aliphatic heterocycles. The number of aromatic nitrogens is 2. The smallest absolute Gasteiger partial charge is 0.0645 e. The molecule has 0 fully saturated rings. The molecule has 0 aliphatic carbocycles. The molecule has 9 aromatic rings. The van der Waals surface area contributed by atoms with Gasteiger partial charge >= 0.3 is 0 Å². The number of fused-ring (bicyclic) bond motifs is 7. The van der Waals surface area contributed by atoms with Crippen molar-refractivity contribution in [3.8, 4) is 33.6 Å². The lowest BCUT2D eigenvalue weighted by Gasteiger charge is -2.11. The number of rotatable bonds is 4. The molecule has 2 heteroatoms. The molecule has 0 spiro atoms. The van der Waals surface area contributed by atoms with Gasteiger partial charge in [-0.25, -0.2) is 0 Å². The largest absolute Gasteiger partial charge is 0.309 e. The Morgan fingerprint density at radius 1 is 0.364 bits per heavy atom. The van der Waals surface area contributed by atoms with E-state index in [1.165, 1.54) is 0 Å². The van der Waals surface area contributed by atoms with Crippen LogP contribution in [0.25, 0.3) is 77.2 Å². The Morgan fingerprint density at radius 2 is 0.864 bits per heavy atom. The fourth-order valence-corrected chi connectivity index (χ4v) is 6.35. The van der Waals surface area contributed by atoms with Gasteiger partial charge < -0.3 is 9.13 Å². The van der Waals surface area contributed by atoms with Gasteiger partial charge in [-0.2, -0.15) is 0 Å². The Labute approximate surface area is 269 Å². The van der Waals surface area contributed by atoms with Crippen LogP contribution in [0, 0.1) is 0 Å². The molecule has 0 radical (unpaired) electrons. The van der Waals surface area contributed by atoms with E-state index in [1.54, 1.807) is 39.5 Å². The van der Waals surface area contributed by atoms with Crippen molar-refractivity contribution < 1.29 is 13.7 Å². The Kier molecular flexibility index (Phi) is 3.74. The second kappa shape index (κ2) is 9.86. The lowest BCUT2D eigenvalue weighted by Crippen LogP contribution is -1.95.